The van der Waals surface area contributed by atoms with Crippen molar-refractivity contribution in [2.75, 3.05) is 25.1 Å². The van der Waals surface area contributed by atoms with Gasteiger partial charge in [0.15, 0.2) is 0 Å². The fraction of sp³-hybridized carbons (Fsp3) is 0.545. The monoisotopic (exact) mass is 269 g/mol. The number of aliphatic hydroxyl groups is 1. The fourth-order valence-electron chi connectivity index (χ4n) is 1.79. The highest BCUT2D eigenvalue weighted by Gasteiger charge is 2.10. The second-order valence-electron chi connectivity index (χ2n) is 4.11. The van der Waals surface area contributed by atoms with Gasteiger partial charge in [-0.2, -0.15) is 19.6 Å². The molecule has 0 saturated heterocycles. The lowest BCUT2D eigenvalue weighted by molar-refractivity contribution is 0.283. The highest BCUT2D eigenvalue weighted by atomic mass is 35.5. The number of halogens is 1. The molecule has 0 radical (unpaired) electrons. The van der Waals surface area contributed by atoms with Crippen molar-refractivity contribution in [3.05, 3.63) is 17.5 Å². The summed E-state index contributed by atoms with van der Waals surface area (Å²) in [6.45, 7) is 1.12. The van der Waals surface area contributed by atoms with Crippen LogP contribution < -0.4 is 4.90 Å². The molecule has 0 bridgehead atoms. The largest absolute Gasteiger partial charge is 0.396 e. The Bertz CT molecular complexity index is 515. The van der Waals surface area contributed by atoms with Gasteiger partial charge in [0.1, 0.15) is 17.3 Å². The van der Waals surface area contributed by atoms with Crippen LogP contribution in [-0.4, -0.2) is 44.9 Å². The number of aromatic nitrogens is 4. The van der Waals surface area contributed by atoms with Crippen LogP contribution in [0.4, 0.5) is 5.82 Å². The van der Waals surface area contributed by atoms with E-state index in [4.69, 9.17) is 16.7 Å². The summed E-state index contributed by atoms with van der Waals surface area (Å²) in [7, 11) is 1.98. The van der Waals surface area contributed by atoms with Crippen molar-refractivity contribution in [1.29, 1.82) is 0 Å². The van der Waals surface area contributed by atoms with Crippen LogP contribution >= 0.6 is 11.6 Å². The van der Waals surface area contributed by atoms with E-state index in [1.54, 1.807) is 10.6 Å². The zero-order valence-corrected chi connectivity index (χ0v) is 11.0. The van der Waals surface area contributed by atoms with E-state index in [2.05, 4.69) is 20.0 Å². The molecule has 0 spiro atoms. The second kappa shape index (κ2) is 5.97. The quantitative estimate of drug-likeness (QED) is 0.634. The normalized spacial score (nSPS) is 11.1. The summed E-state index contributed by atoms with van der Waals surface area (Å²) in [6, 6.07) is 1.77. The number of hydrogen-bond donors (Lipinski definition) is 1. The minimum Gasteiger partial charge on any atom is -0.396 e. The van der Waals surface area contributed by atoms with Gasteiger partial charge in [0, 0.05) is 26.3 Å². The molecule has 0 saturated carbocycles. The molecule has 0 amide bonds. The molecule has 0 atom stereocenters. The molecule has 0 aromatic carbocycles. The molecule has 2 heterocycles. The Morgan fingerprint density at radius 2 is 2.22 bits per heavy atom. The van der Waals surface area contributed by atoms with Crippen LogP contribution in [-0.2, 0) is 0 Å². The number of aliphatic hydroxyl groups excluding tert-OH is 1. The molecule has 2 rings (SSSR count). The molecular formula is C11H16ClN5O. The van der Waals surface area contributed by atoms with E-state index in [1.807, 2.05) is 7.05 Å². The van der Waals surface area contributed by atoms with Gasteiger partial charge >= 0.3 is 0 Å². The van der Waals surface area contributed by atoms with Crippen LogP contribution in [0.25, 0.3) is 5.78 Å². The van der Waals surface area contributed by atoms with Crippen LogP contribution in [0.2, 0.25) is 5.15 Å². The first kappa shape index (κ1) is 13.0. The summed E-state index contributed by atoms with van der Waals surface area (Å²) in [4.78, 5) is 10.2. The van der Waals surface area contributed by atoms with Gasteiger partial charge in [-0.1, -0.05) is 11.6 Å². The van der Waals surface area contributed by atoms with Gasteiger partial charge in [-0.05, 0) is 19.3 Å². The summed E-state index contributed by atoms with van der Waals surface area (Å²) < 4.78 is 1.66. The van der Waals surface area contributed by atoms with Crippen LogP contribution in [0.1, 0.15) is 19.3 Å². The lowest BCUT2D eigenvalue weighted by atomic mass is 10.2. The molecule has 0 aliphatic carbocycles. The highest BCUT2D eigenvalue weighted by Crippen LogP contribution is 2.18. The third kappa shape index (κ3) is 2.88. The molecule has 2 aromatic rings. The molecule has 0 unspecified atom stereocenters. The Labute approximate surface area is 110 Å². The molecule has 6 nitrogen and oxygen atoms in total. The van der Waals surface area contributed by atoms with Gasteiger partial charge in [0.05, 0.1) is 0 Å². The predicted molar refractivity (Wildman–Crippen MR) is 70.0 cm³/mol. The minimum atomic E-state index is 0.248. The third-order valence-electron chi connectivity index (χ3n) is 2.74. The highest BCUT2D eigenvalue weighted by molar-refractivity contribution is 6.29. The average Bonchev–Trinajstić information content (AvgIpc) is 2.81. The number of unbranched alkanes of at least 4 members (excludes halogenated alkanes) is 2. The van der Waals surface area contributed by atoms with E-state index in [1.165, 1.54) is 6.33 Å². The Morgan fingerprint density at radius 1 is 1.39 bits per heavy atom. The first-order valence-electron chi connectivity index (χ1n) is 5.90. The maximum Gasteiger partial charge on any atom is 0.255 e. The topological polar surface area (TPSA) is 66.5 Å². The maximum absolute atomic E-state index is 8.74. The van der Waals surface area contributed by atoms with Crippen molar-refractivity contribution in [2.24, 2.45) is 0 Å². The fourth-order valence-corrected chi connectivity index (χ4v) is 1.97. The SMILES string of the molecule is CN(CCCCCO)c1cc(Cl)nc2ncnn12. The summed E-state index contributed by atoms with van der Waals surface area (Å²) >= 11 is 5.96. The number of hydrogen-bond acceptors (Lipinski definition) is 5. The van der Waals surface area contributed by atoms with E-state index in [9.17, 15) is 0 Å². The van der Waals surface area contributed by atoms with Crippen molar-refractivity contribution >= 4 is 23.2 Å². The summed E-state index contributed by atoms with van der Waals surface area (Å²) in [5.41, 5.74) is 0. The van der Waals surface area contributed by atoms with E-state index in [-0.39, 0.29) is 6.61 Å². The van der Waals surface area contributed by atoms with Crippen LogP contribution in [0.3, 0.4) is 0 Å². The molecule has 1 N–H and O–H groups in total. The van der Waals surface area contributed by atoms with Crippen LogP contribution in [0.5, 0.6) is 0 Å². The lowest BCUT2D eigenvalue weighted by Gasteiger charge is -2.19. The van der Waals surface area contributed by atoms with E-state index < -0.39 is 0 Å². The van der Waals surface area contributed by atoms with Crippen molar-refractivity contribution in [1.82, 2.24) is 19.6 Å². The number of nitrogens with zero attached hydrogens (tertiary/aromatic N) is 5. The van der Waals surface area contributed by atoms with Gasteiger partial charge in [-0.15, -0.1) is 0 Å². The Balaban J connectivity index is 2.11. The molecular weight excluding hydrogens is 254 g/mol. The van der Waals surface area contributed by atoms with E-state index >= 15 is 0 Å². The van der Waals surface area contributed by atoms with Gasteiger partial charge in [-0.3, -0.25) is 0 Å². The Morgan fingerprint density at radius 3 is 3.00 bits per heavy atom. The number of rotatable bonds is 6. The Kier molecular flexibility index (Phi) is 4.33. The van der Waals surface area contributed by atoms with Crippen LogP contribution in [0, 0.1) is 0 Å². The molecule has 2 aromatic heterocycles. The predicted octanol–water partition coefficient (Wildman–Crippen LogP) is 1.38. The van der Waals surface area contributed by atoms with Gasteiger partial charge in [-0.25, -0.2) is 0 Å². The maximum atomic E-state index is 8.74. The summed E-state index contributed by atoms with van der Waals surface area (Å²) in [5, 5.41) is 13.3. The van der Waals surface area contributed by atoms with Gasteiger partial charge in [0.25, 0.3) is 5.78 Å². The molecule has 18 heavy (non-hydrogen) atoms. The van der Waals surface area contributed by atoms with Crippen molar-refractivity contribution in [3.8, 4) is 0 Å². The van der Waals surface area contributed by atoms with Crippen molar-refractivity contribution in [2.45, 2.75) is 19.3 Å². The molecule has 98 valence electrons. The summed E-state index contributed by atoms with van der Waals surface area (Å²) in [6.07, 6.45) is 4.30. The third-order valence-corrected chi connectivity index (χ3v) is 2.94. The zero-order valence-electron chi connectivity index (χ0n) is 10.3. The first-order valence-corrected chi connectivity index (χ1v) is 6.28. The van der Waals surface area contributed by atoms with Crippen molar-refractivity contribution < 1.29 is 5.11 Å². The Hall–Kier alpha value is -1.40. The van der Waals surface area contributed by atoms with Crippen LogP contribution in [0.15, 0.2) is 12.4 Å². The van der Waals surface area contributed by atoms with E-state index in [0.29, 0.717) is 10.9 Å². The minimum absolute atomic E-state index is 0.248. The zero-order chi connectivity index (χ0) is 13.0. The van der Waals surface area contributed by atoms with Gasteiger partial charge < -0.3 is 10.0 Å². The smallest absolute Gasteiger partial charge is 0.255 e. The van der Waals surface area contributed by atoms with E-state index in [0.717, 1.165) is 31.6 Å². The first-order chi connectivity index (χ1) is 8.72. The molecule has 0 aliphatic heterocycles. The molecule has 0 aliphatic rings. The summed E-state index contributed by atoms with van der Waals surface area (Å²) in [5.74, 6) is 1.37. The average molecular weight is 270 g/mol. The number of anilines is 1. The molecule has 7 heteroatoms. The second-order valence-corrected chi connectivity index (χ2v) is 4.50. The van der Waals surface area contributed by atoms with Crippen molar-refractivity contribution in [3.63, 3.8) is 0 Å². The molecule has 0 fully saturated rings. The lowest BCUT2D eigenvalue weighted by Crippen LogP contribution is -2.21. The standard InChI is InChI=1S/C11H16ClN5O/c1-16(5-3-2-4-6-18)10-7-9(12)15-11-13-8-14-17(10)11/h7-8,18H,2-6H2,1H3. The van der Waals surface area contributed by atoms with Gasteiger partial charge in [0.2, 0.25) is 0 Å². The number of fused-ring (bicyclic) bond motifs is 1.